The van der Waals surface area contributed by atoms with Crippen molar-refractivity contribution < 1.29 is 4.74 Å². The molecule has 2 unspecified atom stereocenters. The summed E-state index contributed by atoms with van der Waals surface area (Å²) in [5.41, 5.74) is 2.92. The van der Waals surface area contributed by atoms with E-state index in [1.807, 2.05) is 6.92 Å². The molecule has 0 aliphatic rings. The Hall–Kier alpha value is -0.120. The Kier molecular flexibility index (Phi) is 9.99. The van der Waals surface area contributed by atoms with Crippen molar-refractivity contribution in [1.29, 1.82) is 0 Å². The van der Waals surface area contributed by atoms with Gasteiger partial charge in [-0.2, -0.15) is 0 Å². The van der Waals surface area contributed by atoms with Crippen LogP contribution in [0.1, 0.15) is 59.8 Å². The van der Waals surface area contributed by atoms with Gasteiger partial charge in [0.05, 0.1) is 6.10 Å². The summed E-state index contributed by atoms with van der Waals surface area (Å²) in [5.74, 6) is 6.13. The average molecular weight is 230 g/mol. The summed E-state index contributed by atoms with van der Waals surface area (Å²) in [6, 6.07) is 0.289. The van der Waals surface area contributed by atoms with Gasteiger partial charge in [0.1, 0.15) is 0 Å². The highest BCUT2D eigenvalue weighted by Gasteiger charge is 2.23. The quantitative estimate of drug-likeness (QED) is 0.345. The molecule has 0 rings (SSSR count). The van der Waals surface area contributed by atoms with E-state index in [9.17, 15) is 0 Å². The third-order valence-corrected chi connectivity index (χ3v) is 3.00. The molecule has 0 aromatic rings. The second-order valence-corrected chi connectivity index (χ2v) is 4.79. The minimum Gasteiger partial charge on any atom is -0.377 e. The van der Waals surface area contributed by atoms with Gasteiger partial charge in [-0.05, 0) is 19.3 Å². The van der Waals surface area contributed by atoms with Crippen molar-refractivity contribution in [3.05, 3.63) is 0 Å². The highest BCUT2D eigenvalue weighted by atomic mass is 16.5. The van der Waals surface area contributed by atoms with Gasteiger partial charge in [0.15, 0.2) is 0 Å². The number of nitrogens with one attached hydrogen (secondary N) is 1. The van der Waals surface area contributed by atoms with Crippen LogP contribution in [0, 0.1) is 5.92 Å². The monoisotopic (exact) mass is 230 g/mol. The summed E-state index contributed by atoms with van der Waals surface area (Å²) in [6.45, 7) is 9.42. The molecule has 98 valence electrons. The third kappa shape index (κ3) is 6.46. The van der Waals surface area contributed by atoms with E-state index >= 15 is 0 Å². The van der Waals surface area contributed by atoms with E-state index < -0.39 is 0 Å². The van der Waals surface area contributed by atoms with Gasteiger partial charge in [0, 0.05) is 12.6 Å². The van der Waals surface area contributed by atoms with Crippen molar-refractivity contribution in [3.63, 3.8) is 0 Å². The lowest BCUT2D eigenvalue weighted by Gasteiger charge is -2.29. The molecule has 0 aliphatic heterocycles. The molecule has 16 heavy (non-hydrogen) atoms. The number of nitrogens with two attached hydrogens (primary N) is 1. The third-order valence-electron chi connectivity index (χ3n) is 3.00. The van der Waals surface area contributed by atoms with Gasteiger partial charge in [-0.15, -0.1) is 0 Å². The first-order valence-corrected chi connectivity index (χ1v) is 6.75. The van der Waals surface area contributed by atoms with Crippen LogP contribution in [-0.2, 0) is 4.74 Å². The van der Waals surface area contributed by atoms with Crippen LogP contribution in [0.2, 0.25) is 0 Å². The Morgan fingerprint density at radius 1 is 1.12 bits per heavy atom. The first-order valence-electron chi connectivity index (χ1n) is 6.75. The average Bonchev–Trinajstić information content (AvgIpc) is 2.27. The maximum atomic E-state index is 5.77. The van der Waals surface area contributed by atoms with E-state index in [4.69, 9.17) is 10.6 Å². The van der Waals surface area contributed by atoms with Gasteiger partial charge < -0.3 is 4.74 Å². The fraction of sp³-hybridized carbons (Fsp3) is 1.00. The van der Waals surface area contributed by atoms with Gasteiger partial charge in [-0.25, -0.2) is 0 Å². The van der Waals surface area contributed by atoms with Gasteiger partial charge in [0.2, 0.25) is 0 Å². The van der Waals surface area contributed by atoms with Crippen molar-refractivity contribution >= 4 is 0 Å². The summed E-state index contributed by atoms with van der Waals surface area (Å²) in [7, 11) is 0. The molecule has 0 radical (unpaired) electrons. The van der Waals surface area contributed by atoms with Gasteiger partial charge in [-0.1, -0.05) is 46.5 Å². The molecule has 0 spiro atoms. The predicted molar refractivity (Wildman–Crippen MR) is 70.1 cm³/mol. The van der Waals surface area contributed by atoms with Crippen molar-refractivity contribution in [2.75, 3.05) is 6.61 Å². The minimum atomic E-state index is 0.233. The molecule has 3 heteroatoms. The van der Waals surface area contributed by atoms with E-state index in [-0.39, 0.29) is 12.1 Å². The summed E-state index contributed by atoms with van der Waals surface area (Å²) in [6.07, 6.45) is 6.47. The van der Waals surface area contributed by atoms with E-state index in [0.29, 0.717) is 5.92 Å². The van der Waals surface area contributed by atoms with Crippen LogP contribution in [-0.4, -0.2) is 18.8 Å². The van der Waals surface area contributed by atoms with E-state index in [0.717, 1.165) is 13.0 Å². The highest BCUT2D eigenvalue weighted by molar-refractivity contribution is 4.77. The van der Waals surface area contributed by atoms with Gasteiger partial charge in [0.25, 0.3) is 0 Å². The van der Waals surface area contributed by atoms with E-state index in [2.05, 4.69) is 26.2 Å². The first-order chi connectivity index (χ1) is 7.67. The largest absolute Gasteiger partial charge is 0.377 e. The number of hydrogen-bond acceptors (Lipinski definition) is 3. The van der Waals surface area contributed by atoms with E-state index in [1.165, 1.54) is 25.7 Å². The number of hydrogen-bond donors (Lipinski definition) is 2. The molecule has 2 atom stereocenters. The highest BCUT2D eigenvalue weighted by Crippen LogP contribution is 2.16. The lowest BCUT2D eigenvalue weighted by molar-refractivity contribution is 0.000870. The Labute approximate surface area is 101 Å². The molecule has 0 heterocycles. The zero-order valence-electron chi connectivity index (χ0n) is 11.5. The zero-order chi connectivity index (χ0) is 12.4. The number of rotatable bonds is 10. The van der Waals surface area contributed by atoms with Crippen LogP contribution >= 0.6 is 0 Å². The molecule has 3 nitrogen and oxygen atoms in total. The Bertz CT molecular complexity index is 151. The Morgan fingerprint density at radius 2 is 1.81 bits per heavy atom. The molecular formula is C13H30N2O. The molecule has 0 bridgehead atoms. The Morgan fingerprint density at radius 3 is 2.25 bits per heavy atom. The molecule has 0 fully saturated rings. The summed E-state index contributed by atoms with van der Waals surface area (Å²) in [4.78, 5) is 0. The molecule has 0 amide bonds. The fourth-order valence-electron chi connectivity index (χ4n) is 2.10. The number of hydrazine groups is 1. The minimum absolute atomic E-state index is 0.233. The SMILES string of the molecule is CCCCCCC(NN)C(OCC)C(C)C. The maximum absolute atomic E-state index is 5.77. The maximum Gasteiger partial charge on any atom is 0.0764 e. The van der Waals surface area contributed by atoms with Crippen molar-refractivity contribution in [1.82, 2.24) is 5.43 Å². The van der Waals surface area contributed by atoms with E-state index in [1.54, 1.807) is 0 Å². The summed E-state index contributed by atoms with van der Waals surface area (Å²) < 4.78 is 5.77. The molecule has 0 aliphatic carbocycles. The molecule has 3 N–H and O–H groups in total. The summed E-state index contributed by atoms with van der Waals surface area (Å²) in [5, 5.41) is 0. The number of unbranched alkanes of at least 4 members (excludes halogenated alkanes) is 3. The lowest BCUT2D eigenvalue weighted by atomic mass is 9.95. The molecular weight excluding hydrogens is 200 g/mol. The topological polar surface area (TPSA) is 47.3 Å². The van der Waals surface area contributed by atoms with Gasteiger partial charge >= 0.3 is 0 Å². The standard InChI is InChI=1S/C13H30N2O/c1-5-7-8-9-10-12(15-14)13(11(3)4)16-6-2/h11-13,15H,5-10,14H2,1-4H3. The lowest BCUT2D eigenvalue weighted by Crippen LogP contribution is -2.47. The van der Waals surface area contributed by atoms with Crippen LogP contribution in [0.5, 0.6) is 0 Å². The van der Waals surface area contributed by atoms with Crippen molar-refractivity contribution in [3.8, 4) is 0 Å². The van der Waals surface area contributed by atoms with Crippen LogP contribution in [0.25, 0.3) is 0 Å². The van der Waals surface area contributed by atoms with Crippen molar-refractivity contribution in [2.45, 2.75) is 71.9 Å². The predicted octanol–water partition coefficient (Wildman–Crippen LogP) is 2.85. The smallest absolute Gasteiger partial charge is 0.0764 e. The van der Waals surface area contributed by atoms with Crippen LogP contribution < -0.4 is 11.3 Å². The molecule has 0 saturated carbocycles. The fourth-order valence-corrected chi connectivity index (χ4v) is 2.10. The second-order valence-electron chi connectivity index (χ2n) is 4.79. The summed E-state index contributed by atoms with van der Waals surface area (Å²) >= 11 is 0. The second kappa shape index (κ2) is 10.1. The van der Waals surface area contributed by atoms with Crippen molar-refractivity contribution in [2.24, 2.45) is 11.8 Å². The molecule has 0 aromatic heterocycles. The zero-order valence-corrected chi connectivity index (χ0v) is 11.5. The van der Waals surface area contributed by atoms with Gasteiger partial charge in [-0.3, -0.25) is 11.3 Å². The normalized spacial score (nSPS) is 15.4. The number of ether oxygens (including phenoxy) is 1. The molecule has 0 saturated heterocycles. The molecule has 0 aromatic carbocycles. The first kappa shape index (κ1) is 15.9. The Balaban J connectivity index is 3.99. The van der Waals surface area contributed by atoms with Crippen LogP contribution in [0.15, 0.2) is 0 Å². The van der Waals surface area contributed by atoms with Crippen LogP contribution in [0.4, 0.5) is 0 Å². The van der Waals surface area contributed by atoms with Crippen LogP contribution in [0.3, 0.4) is 0 Å².